The largest absolute Gasteiger partial charge is 0.378 e. The first-order chi connectivity index (χ1) is 8.19. The Balaban J connectivity index is 1.74. The molecule has 0 spiro atoms. The van der Waals surface area contributed by atoms with E-state index in [0.29, 0.717) is 17.7 Å². The van der Waals surface area contributed by atoms with Gasteiger partial charge in [-0.05, 0) is 43.9 Å². The maximum Gasteiger partial charge on any atom is 0.126 e. The van der Waals surface area contributed by atoms with Crippen molar-refractivity contribution < 1.29 is 9.13 Å². The first-order valence-electron chi connectivity index (χ1n) is 6.29. The number of rotatable bonds is 5. The van der Waals surface area contributed by atoms with Gasteiger partial charge in [-0.3, -0.25) is 0 Å². The van der Waals surface area contributed by atoms with Gasteiger partial charge in [-0.1, -0.05) is 12.1 Å². The van der Waals surface area contributed by atoms with Gasteiger partial charge in [0.15, 0.2) is 0 Å². The number of ether oxygens (including phenoxy) is 1. The van der Waals surface area contributed by atoms with E-state index in [4.69, 9.17) is 4.74 Å². The van der Waals surface area contributed by atoms with E-state index in [2.05, 4.69) is 5.32 Å². The molecule has 0 aliphatic heterocycles. The molecule has 0 radical (unpaired) electrons. The number of nitrogens with one attached hydrogen (secondary N) is 1. The van der Waals surface area contributed by atoms with Crippen LogP contribution >= 0.6 is 0 Å². The molecule has 0 bridgehead atoms. The van der Waals surface area contributed by atoms with Crippen molar-refractivity contribution in [1.82, 2.24) is 5.32 Å². The fourth-order valence-corrected chi connectivity index (χ4v) is 2.18. The molecule has 0 saturated heterocycles. The van der Waals surface area contributed by atoms with Crippen molar-refractivity contribution >= 4 is 0 Å². The fourth-order valence-electron chi connectivity index (χ4n) is 2.18. The van der Waals surface area contributed by atoms with Crippen LogP contribution in [0.15, 0.2) is 18.2 Å². The molecule has 0 heterocycles. The molecule has 1 aliphatic rings. The predicted molar refractivity (Wildman–Crippen MR) is 66.4 cm³/mol. The average molecular weight is 237 g/mol. The van der Waals surface area contributed by atoms with E-state index < -0.39 is 0 Å². The van der Waals surface area contributed by atoms with Crippen molar-refractivity contribution in [3.05, 3.63) is 35.1 Å². The molecule has 1 fully saturated rings. The third-order valence-electron chi connectivity index (χ3n) is 3.31. The Morgan fingerprint density at radius 2 is 2.18 bits per heavy atom. The van der Waals surface area contributed by atoms with Crippen LogP contribution in [0.3, 0.4) is 0 Å². The molecular weight excluding hydrogens is 217 g/mol. The van der Waals surface area contributed by atoms with Gasteiger partial charge < -0.3 is 10.1 Å². The normalized spacial score (nSPS) is 23.5. The number of halogens is 1. The van der Waals surface area contributed by atoms with E-state index in [0.717, 1.165) is 31.6 Å². The van der Waals surface area contributed by atoms with Crippen molar-refractivity contribution in [1.29, 1.82) is 0 Å². The standard InChI is InChI=1S/C14H20FNO/c1-3-17-13-7-12(8-13)16-9-11-4-5-14(15)10(2)6-11/h4-6,12-13,16H,3,7-9H2,1-2H3. The Bertz CT molecular complexity index is 374. The van der Waals surface area contributed by atoms with E-state index in [9.17, 15) is 4.39 Å². The van der Waals surface area contributed by atoms with Crippen molar-refractivity contribution in [2.75, 3.05) is 6.61 Å². The Morgan fingerprint density at radius 1 is 1.41 bits per heavy atom. The maximum absolute atomic E-state index is 13.1. The van der Waals surface area contributed by atoms with Crippen LogP contribution in [0.1, 0.15) is 30.9 Å². The molecule has 0 unspecified atom stereocenters. The quantitative estimate of drug-likeness (QED) is 0.850. The van der Waals surface area contributed by atoms with E-state index in [-0.39, 0.29) is 5.82 Å². The predicted octanol–water partition coefficient (Wildman–Crippen LogP) is 2.79. The topological polar surface area (TPSA) is 21.3 Å². The molecule has 17 heavy (non-hydrogen) atoms. The van der Waals surface area contributed by atoms with Crippen molar-refractivity contribution in [2.45, 2.75) is 45.4 Å². The number of hydrogen-bond donors (Lipinski definition) is 1. The van der Waals surface area contributed by atoms with Gasteiger partial charge in [0.1, 0.15) is 5.82 Å². The van der Waals surface area contributed by atoms with E-state index in [1.807, 2.05) is 19.1 Å². The van der Waals surface area contributed by atoms with Crippen LogP contribution in [-0.4, -0.2) is 18.8 Å². The molecule has 3 heteroatoms. The highest BCUT2D eigenvalue weighted by molar-refractivity contribution is 5.23. The van der Waals surface area contributed by atoms with Gasteiger partial charge in [0, 0.05) is 19.2 Å². The maximum atomic E-state index is 13.1. The van der Waals surface area contributed by atoms with Gasteiger partial charge in [-0.2, -0.15) is 0 Å². The lowest BCUT2D eigenvalue weighted by Crippen LogP contribution is -2.45. The van der Waals surface area contributed by atoms with Crippen LogP contribution in [0.4, 0.5) is 4.39 Å². The number of benzene rings is 1. The fraction of sp³-hybridized carbons (Fsp3) is 0.571. The molecule has 1 aromatic rings. The van der Waals surface area contributed by atoms with Crippen LogP contribution in [0.2, 0.25) is 0 Å². The van der Waals surface area contributed by atoms with Crippen molar-refractivity contribution in [3.63, 3.8) is 0 Å². The smallest absolute Gasteiger partial charge is 0.126 e. The first kappa shape index (κ1) is 12.5. The van der Waals surface area contributed by atoms with Gasteiger partial charge in [0.2, 0.25) is 0 Å². The second-order valence-corrected chi connectivity index (χ2v) is 4.71. The van der Waals surface area contributed by atoms with E-state index in [1.165, 1.54) is 6.07 Å². The summed E-state index contributed by atoms with van der Waals surface area (Å²) in [5, 5.41) is 3.47. The Hall–Kier alpha value is -0.930. The summed E-state index contributed by atoms with van der Waals surface area (Å²) in [5.74, 6) is -0.131. The van der Waals surface area contributed by atoms with Gasteiger partial charge in [-0.15, -0.1) is 0 Å². The Morgan fingerprint density at radius 3 is 2.82 bits per heavy atom. The minimum atomic E-state index is -0.131. The van der Waals surface area contributed by atoms with Crippen molar-refractivity contribution in [2.24, 2.45) is 0 Å². The zero-order valence-corrected chi connectivity index (χ0v) is 10.5. The third kappa shape index (κ3) is 3.27. The highest BCUT2D eigenvalue weighted by Crippen LogP contribution is 2.23. The van der Waals surface area contributed by atoms with E-state index >= 15 is 0 Å². The lowest BCUT2D eigenvalue weighted by atomic mass is 9.89. The zero-order valence-electron chi connectivity index (χ0n) is 10.5. The van der Waals surface area contributed by atoms with Gasteiger partial charge in [0.05, 0.1) is 6.10 Å². The summed E-state index contributed by atoms with van der Waals surface area (Å²) >= 11 is 0. The monoisotopic (exact) mass is 237 g/mol. The van der Waals surface area contributed by atoms with Crippen LogP contribution in [-0.2, 0) is 11.3 Å². The lowest BCUT2D eigenvalue weighted by molar-refractivity contribution is -0.0102. The second kappa shape index (κ2) is 5.61. The second-order valence-electron chi connectivity index (χ2n) is 4.71. The molecule has 2 rings (SSSR count). The summed E-state index contributed by atoms with van der Waals surface area (Å²) in [6, 6.07) is 5.84. The van der Waals surface area contributed by atoms with Crippen LogP contribution in [0, 0.1) is 12.7 Å². The molecule has 0 amide bonds. The summed E-state index contributed by atoms with van der Waals surface area (Å²) in [5.41, 5.74) is 1.86. The zero-order chi connectivity index (χ0) is 12.3. The lowest BCUT2D eigenvalue weighted by Gasteiger charge is -2.35. The minimum absolute atomic E-state index is 0.131. The highest BCUT2D eigenvalue weighted by Gasteiger charge is 2.28. The molecule has 1 saturated carbocycles. The molecule has 0 aromatic heterocycles. The first-order valence-corrected chi connectivity index (χ1v) is 6.29. The Labute approximate surface area is 102 Å². The summed E-state index contributed by atoms with van der Waals surface area (Å²) in [6.45, 7) is 5.44. The minimum Gasteiger partial charge on any atom is -0.378 e. The summed E-state index contributed by atoms with van der Waals surface area (Å²) in [7, 11) is 0. The molecule has 2 nitrogen and oxygen atoms in total. The summed E-state index contributed by atoms with van der Waals surface area (Å²) in [6.07, 6.45) is 2.62. The van der Waals surface area contributed by atoms with E-state index in [1.54, 1.807) is 6.92 Å². The van der Waals surface area contributed by atoms with Crippen LogP contribution < -0.4 is 5.32 Å². The molecule has 1 N–H and O–H groups in total. The highest BCUT2D eigenvalue weighted by atomic mass is 19.1. The molecular formula is C14H20FNO. The van der Waals surface area contributed by atoms with Crippen LogP contribution in [0.25, 0.3) is 0 Å². The van der Waals surface area contributed by atoms with Crippen molar-refractivity contribution in [3.8, 4) is 0 Å². The Kier molecular flexibility index (Phi) is 4.13. The summed E-state index contributed by atoms with van der Waals surface area (Å²) in [4.78, 5) is 0. The summed E-state index contributed by atoms with van der Waals surface area (Å²) < 4.78 is 18.6. The number of aryl methyl sites for hydroxylation is 1. The molecule has 1 aromatic carbocycles. The molecule has 1 aliphatic carbocycles. The number of hydrogen-bond acceptors (Lipinski definition) is 2. The SMILES string of the molecule is CCOC1CC(NCc2ccc(F)c(C)c2)C1. The van der Waals surface area contributed by atoms with Crippen LogP contribution in [0.5, 0.6) is 0 Å². The van der Waals surface area contributed by atoms with Gasteiger partial charge in [0.25, 0.3) is 0 Å². The average Bonchev–Trinajstić information content (AvgIpc) is 2.26. The van der Waals surface area contributed by atoms with Gasteiger partial charge in [-0.25, -0.2) is 4.39 Å². The molecule has 94 valence electrons. The molecule has 0 atom stereocenters. The third-order valence-corrected chi connectivity index (χ3v) is 3.31. The van der Waals surface area contributed by atoms with Gasteiger partial charge >= 0.3 is 0 Å².